The van der Waals surface area contributed by atoms with E-state index in [1.807, 2.05) is 0 Å². The second-order valence-electron chi connectivity index (χ2n) is 3.02. The molecule has 0 amide bonds. The molecule has 0 aromatic heterocycles. The number of carbonyl (C=O) groups is 1. The van der Waals surface area contributed by atoms with Crippen LogP contribution in [0, 0.1) is 5.92 Å². The summed E-state index contributed by atoms with van der Waals surface area (Å²) in [7, 11) is 0. The van der Waals surface area contributed by atoms with Gasteiger partial charge in [-0.15, -0.1) is 0 Å². The topological polar surface area (TPSA) is 46.5 Å². The Kier molecular flexibility index (Phi) is 3.36. The standard InChI is InChI=1S/C8H14O3/c9-8(10)2-1-5-11-6-7-3-4-7/h7H,1-6H2,(H,9,10). The summed E-state index contributed by atoms with van der Waals surface area (Å²) >= 11 is 0. The van der Waals surface area contributed by atoms with Crippen molar-refractivity contribution in [2.45, 2.75) is 25.7 Å². The van der Waals surface area contributed by atoms with E-state index in [0.29, 0.717) is 13.0 Å². The number of hydrogen-bond donors (Lipinski definition) is 1. The maximum Gasteiger partial charge on any atom is 0.303 e. The van der Waals surface area contributed by atoms with Gasteiger partial charge in [0.1, 0.15) is 0 Å². The molecule has 3 heteroatoms. The minimum absolute atomic E-state index is 0.227. The predicted octanol–water partition coefficient (Wildman–Crippen LogP) is 1.28. The van der Waals surface area contributed by atoms with E-state index < -0.39 is 5.97 Å². The first-order chi connectivity index (χ1) is 5.29. The lowest BCUT2D eigenvalue weighted by Gasteiger charge is -1.99. The van der Waals surface area contributed by atoms with E-state index in [-0.39, 0.29) is 6.42 Å². The van der Waals surface area contributed by atoms with E-state index in [1.54, 1.807) is 0 Å². The summed E-state index contributed by atoms with van der Waals surface area (Å²) in [4.78, 5) is 10.1. The summed E-state index contributed by atoms with van der Waals surface area (Å²) < 4.78 is 5.24. The second-order valence-corrected chi connectivity index (χ2v) is 3.02. The van der Waals surface area contributed by atoms with Crippen LogP contribution in [0.1, 0.15) is 25.7 Å². The molecule has 3 nitrogen and oxygen atoms in total. The summed E-state index contributed by atoms with van der Waals surface area (Å²) in [6, 6.07) is 0. The Morgan fingerprint density at radius 1 is 1.55 bits per heavy atom. The van der Waals surface area contributed by atoms with Crippen molar-refractivity contribution in [3.63, 3.8) is 0 Å². The Morgan fingerprint density at radius 2 is 2.27 bits per heavy atom. The molecule has 0 heterocycles. The molecule has 0 bridgehead atoms. The van der Waals surface area contributed by atoms with Gasteiger partial charge in [-0.05, 0) is 25.2 Å². The highest BCUT2D eigenvalue weighted by Gasteiger charge is 2.20. The van der Waals surface area contributed by atoms with Crippen LogP contribution in [0.3, 0.4) is 0 Å². The number of ether oxygens (including phenoxy) is 1. The van der Waals surface area contributed by atoms with Gasteiger partial charge in [-0.25, -0.2) is 0 Å². The normalized spacial score (nSPS) is 16.7. The molecule has 1 rings (SSSR count). The zero-order valence-corrected chi connectivity index (χ0v) is 6.58. The van der Waals surface area contributed by atoms with Crippen LogP contribution in [0.4, 0.5) is 0 Å². The van der Waals surface area contributed by atoms with E-state index in [4.69, 9.17) is 9.84 Å². The van der Waals surface area contributed by atoms with Gasteiger partial charge in [0, 0.05) is 19.6 Å². The second kappa shape index (κ2) is 4.34. The van der Waals surface area contributed by atoms with Crippen molar-refractivity contribution >= 4 is 5.97 Å². The van der Waals surface area contributed by atoms with Crippen LogP contribution in [0.25, 0.3) is 0 Å². The third-order valence-corrected chi connectivity index (χ3v) is 1.73. The van der Waals surface area contributed by atoms with E-state index in [1.165, 1.54) is 12.8 Å². The van der Waals surface area contributed by atoms with Crippen molar-refractivity contribution in [3.05, 3.63) is 0 Å². The van der Waals surface area contributed by atoms with Crippen LogP contribution < -0.4 is 0 Å². The Balaban J connectivity index is 1.76. The quantitative estimate of drug-likeness (QED) is 0.592. The molecule has 64 valence electrons. The first-order valence-corrected chi connectivity index (χ1v) is 4.08. The zero-order valence-electron chi connectivity index (χ0n) is 6.58. The smallest absolute Gasteiger partial charge is 0.303 e. The first kappa shape index (κ1) is 8.53. The molecule has 1 fully saturated rings. The lowest BCUT2D eigenvalue weighted by Crippen LogP contribution is -2.01. The van der Waals surface area contributed by atoms with Gasteiger partial charge in [-0.3, -0.25) is 4.79 Å². The molecule has 0 aliphatic heterocycles. The van der Waals surface area contributed by atoms with Crippen LogP contribution in [0.2, 0.25) is 0 Å². The molecule has 0 radical (unpaired) electrons. The number of carboxylic acids is 1. The monoisotopic (exact) mass is 158 g/mol. The molecule has 0 aromatic carbocycles. The van der Waals surface area contributed by atoms with E-state index >= 15 is 0 Å². The number of hydrogen-bond acceptors (Lipinski definition) is 2. The molecule has 1 N–H and O–H groups in total. The zero-order chi connectivity index (χ0) is 8.10. The van der Waals surface area contributed by atoms with Gasteiger partial charge in [0.05, 0.1) is 0 Å². The fourth-order valence-corrected chi connectivity index (χ4v) is 0.860. The van der Waals surface area contributed by atoms with Crippen molar-refractivity contribution in [2.24, 2.45) is 5.92 Å². The van der Waals surface area contributed by atoms with Gasteiger partial charge in [-0.2, -0.15) is 0 Å². The van der Waals surface area contributed by atoms with Crippen LogP contribution in [0.15, 0.2) is 0 Å². The Labute approximate surface area is 66.4 Å². The van der Waals surface area contributed by atoms with Gasteiger partial charge < -0.3 is 9.84 Å². The van der Waals surface area contributed by atoms with Crippen molar-refractivity contribution in [1.82, 2.24) is 0 Å². The fourth-order valence-electron chi connectivity index (χ4n) is 0.860. The van der Waals surface area contributed by atoms with Crippen LogP contribution >= 0.6 is 0 Å². The summed E-state index contributed by atoms with van der Waals surface area (Å²) in [5.41, 5.74) is 0. The highest BCUT2D eigenvalue weighted by molar-refractivity contribution is 5.66. The maximum atomic E-state index is 10.1. The third kappa shape index (κ3) is 4.79. The maximum absolute atomic E-state index is 10.1. The molecule has 1 aliphatic rings. The minimum Gasteiger partial charge on any atom is -0.481 e. The van der Waals surface area contributed by atoms with E-state index in [2.05, 4.69) is 0 Å². The van der Waals surface area contributed by atoms with Crippen LogP contribution in [-0.4, -0.2) is 24.3 Å². The third-order valence-electron chi connectivity index (χ3n) is 1.73. The molecular formula is C8H14O3. The Bertz CT molecular complexity index is 129. The minimum atomic E-state index is -0.736. The van der Waals surface area contributed by atoms with Crippen LogP contribution in [-0.2, 0) is 9.53 Å². The summed E-state index contributed by atoms with van der Waals surface area (Å²) in [5, 5.41) is 8.28. The lowest BCUT2D eigenvalue weighted by atomic mass is 10.3. The van der Waals surface area contributed by atoms with Crippen LogP contribution in [0.5, 0.6) is 0 Å². The number of carboxylic acid groups (broad SMARTS) is 1. The fraction of sp³-hybridized carbons (Fsp3) is 0.875. The summed E-state index contributed by atoms with van der Waals surface area (Å²) in [6.45, 7) is 1.43. The molecule has 1 saturated carbocycles. The number of aliphatic carboxylic acids is 1. The van der Waals surface area contributed by atoms with Crippen molar-refractivity contribution < 1.29 is 14.6 Å². The highest BCUT2D eigenvalue weighted by atomic mass is 16.5. The molecule has 0 unspecified atom stereocenters. The van der Waals surface area contributed by atoms with E-state index in [0.717, 1.165) is 12.5 Å². The predicted molar refractivity (Wildman–Crippen MR) is 40.4 cm³/mol. The largest absolute Gasteiger partial charge is 0.481 e. The van der Waals surface area contributed by atoms with Crippen molar-refractivity contribution in [3.8, 4) is 0 Å². The van der Waals surface area contributed by atoms with Crippen molar-refractivity contribution in [2.75, 3.05) is 13.2 Å². The first-order valence-electron chi connectivity index (χ1n) is 4.08. The molecule has 0 saturated heterocycles. The van der Waals surface area contributed by atoms with Gasteiger partial charge in [0.15, 0.2) is 0 Å². The highest BCUT2D eigenvalue weighted by Crippen LogP contribution is 2.28. The Morgan fingerprint density at radius 3 is 2.82 bits per heavy atom. The molecule has 0 atom stereocenters. The number of rotatable bonds is 6. The van der Waals surface area contributed by atoms with Gasteiger partial charge in [0.2, 0.25) is 0 Å². The summed E-state index contributed by atoms with van der Waals surface area (Å²) in [5.74, 6) is 0.0415. The van der Waals surface area contributed by atoms with Gasteiger partial charge in [0.25, 0.3) is 0 Å². The average molecular weight is 158 g/mol. The van der Waals surface area contributed by atoms with Gasteiger partial charge in [-0.1, -0.05) is 0 Å². The average Bonchev–Trinajstić information content (AvgIpc) is 2.70. The lowest BCUT2D eigenvalue weighted by molar-refractivity contribution is -0.137. The molecular weight excluding hydrogens is 144 g/mol. The van der Waals surface area contributed by atoms with E-state index in [9.17, 15) is 4.79 Å². The Hall–Kier alpha value is -0.570. The molecule has 11 heavy (non-hydrogen) atoms. The molecule has 1 aliphatic carbocycles. The van der Waals surface area contributed by atoms with Gasteiger partial charge >= 0.3 is 5.97 Å². The molecule has 0 spiro atoms. The van der Waals surface area contributed by atoms with Crippen molar-refractivity contribution in [1.29, 1.82) is 0 Å². The summed E-state index contributed by atoms with van der Waals surface area (Å²) in [6.07, 6.45) is 3.45. The SMILES string of the molecule is O=C(O)CCCOCC1CC1. The molecule has 0 aromatic rings.